The van der Waals surface area contributed by atoms with E-state index in [0.29, 0.717) is 0 Å². The molecule has 0 spiro atoms. The lowest BCUT2D eigenvalue weighted by atomic mass is 10.1. The number of aryl methyl sites for hydroxylation is 1. The van der Waals surface area contributed by atoms with Crippen molar-refractivity contribution in [2.45, 2.75) is 13.5 Å². The van der Waals surface area contributed by atoms with Gasteiger partial charge >= 0.3 is 0 Å². The fourth-order valence-corrected chi connectivity index (χ4v) is 2.05. The van der Waals surface area contributed by atoms with Crippen molar-refractivity contribution in [2.75, 3.05) is 12.4 Å². The lowest BCUT2D eigenvalue weighted by Gasteiger charge is -2.10. The van der Waals surface area contributed by atoms with Gasteiger partial charge in [0, 0.05) is 6.54 Å². The third-order valence-electron chi connectivity index (χ3n) is 2.82. The van der Waals surface area contributed by atoms with Crippen molar-refractivity contribution in [1.82, 2.24) is 0 Å². The number of para-hydroxylation sites is 1. The molecule has 0 bridgehead atoms. The summed E-state index contributed by atoms with van der Waals surface area (Å²) in [5, 5.41) is 4.06. The van der Waals surface area contributed by atoms with Crippen LogP contribution in [-0.2, 0) is 6.54 Å². The van der Waals surface area contributed by atoms with Gasteiger partial charge in [-0.15, -0.1) is 0 Å². The summed E-state index contributed by atoms with van der Waals surface area (Å²) in [7, 11) is 1.68. The van der Waals surface area contributed by atoms with Gasteiger partial charge < -0.3 is 10.1 Å². The highest BCUT2D eigenvalue weighted by atomic mass is 35.5. The molecule has 18 heavy (non-hydrogen) atoms. The lowest BCUT2D eigenvalue weighted by molar-refractivity contribution is 0.411. The minimum atomic E-state index is 0.739. The fraction of sp³-hybridized carbons (Fsp3) is 0.200. The first-order valence-corrected chi connectivity index (χ1v) is 6.20. The van der Waals surface area contributed by atoms with E-state index in [9.17, 15) is 0 Å². The van der Waals surface area contributed by atoms with E-state index < -0.39 is 0 Å². The Labute approximate surface area is 113 Å². The molecule has 0 saturated carbocycles. The van der Waals surface area contributed by atoms with Gasteiger partial charge in [0.25, 0.3) is 0 Å². The van der Waals surface area contributed by atoms with Crippen molar-refractivity contribution < 1.29 is 4.74 Å². The Balaban J connectivity index is 2.07. The predicted molar refractivity (Wildman–Crippen MR) is 76.5 cm³/mol. The quantitative estimate of drug-likeness (QED) is 0.888. The summed E-state index contributed by atoms with van der Waals surface area (Å²) in [5.74, 6) is 0.913. The number of ether oxygens (including phenoxy) is 1. The predicted octanol–water partition coefficient (Wildman–Crippen LogP) is 4.27. The molecule has 0 aromatic heterocycles. The smallest absolute Gasteiger partial charge is 0.121 e. The maximum atomic E-state index is 6.09. The number of halogens is 1. The second-order valence-electron chi connectivity index (χ2n) is 4.14. The highest BCUT2D eigenvalue weighted by Gasteiger charge is 2.01. The van der Waals surface area contributed by atoms with E-state index in [2.05, 4.69) is 17.4 Å². The van der Waals surface area contributed by atoms with E-state index in [1.807, 2.05) is 37.3 Å². The van der Waals surface area contributed by atoms with Crippen molar-refractivity contribution >= 4 is 17.3 Å². The number of hydrogen-bond acceptors (Lipinski definition) is 2. The van der Waals surface area contributed by atoms with Crippen LogP contribution in [0.1, 0.15) is 11.1 Å². The van der Waals surface area contributed by atoms with Crippen molar-refractivity contribution in [1.29, 1.82) is 0 Å². The van der Waals surface area contributed by atoms with E-state index in [-0.39, 0.29) is 0 Å². The van der Waals surface area contributed by atoms with Crippen molar-refractivity contribution in [3.63, 3.8) is 0 Å². The molecule has 0 atom stereocenters. The van der Waals surface area contributed by atoms with Gasteiger partial charge in [-0.05, 0) is 36.2 Å². The van der Waals surface area contributed by atoms with E-state index in [1.165, 1.54) is 5.56 Å². The van der Waals surface area contributed by atoms with Crippen LogP contribution in [0.2, 0.25) is 5.02 Å². The molecule has 94 valence electrons. The molecule has 2 rings (SSSR count). The molecule has 0 aliphatic rings. The zero-order chi connectivity index (χ0) is 13.0. The second-order valence-corrected chi connectivity index (χ2v) is 4.54. The number of nitrogens with one attached hydrogen (secondary N) is 1. The fourth-order valence-electron chi connectivity index (χ4n) is 1.85. The molecule has 0 amide bonds. The summed E-state index contributed by atoms with van der Waals surface area (Å²) in [6.45, 7) is 2.78. The van der Waals surface area contributed by atoms with Crippen LogP contribution < -0.4 is 10.1 Å². The first-order chi connectivity index (χ1) is 8.70. The second kappa shape index (κ2) is 5.78. The number of anilines is 1. The standard InChI is InChI=1S/C15H16ClNO/c1-11-9-12(7-8-15(11)18-2)10-17-14-6-4-3-5-13(14)16/h3-9,17H,10H2,1-2H3. The molecule has 2 aromatic rings. The van der Waals surface area contributed by atoms with Gasteiger partial charge in [0.2, 0.25) is 0 Å². The van der Waals surface area contributed by atoms with E-state index in [0.717, 1.165) is 28.6 Å². The first-order valence-electron chi connectivity index (χ1n) is 5.82. The molecule has 0 fully saturated rings. The summed E-state index contributed by atoms with van der Waals surface area (Å²) in [6, 6.07) is 13.9. The molecule has 0 unspecified atom stereocenters. The molecular formula is C15H16ClNO. The highest BCUT2D eigenvalue weighted by Crippen LogP contribution is 2.22. The Kier molecular flexibility index (Phi) is 4.11. The molecule has 0 aliphatic carbocycles. The van der Waals surface area contributed by atoms with Gasteiger partial charge in [0.05, 0.1) is 17.8 Å². The van der Waals surface area contributed by atoms with Gasteiger partial charge in [-0.1, -0.05) is 35.9 Å². The molecule has 3 heteroatoms. The maximum absolute atomic E-state index is 6.09. The number of hydrogen-bond donors (Lipinski definition) is 1. The molecule has 1 N–H and O–H groups in total. The molecule has 2 nitrogen and oxygen atoms in total. The van der Waals surface area contributed by atoms with Crippen LogP contribution in [0.25, 0.3) is 0 Å². The minimum absolute atomic E-state index is 0.739. The molecule has 0 radical (unpaired) electrons. The van der Waals surface area contributed by atoms with Crippen LogP contribution in [0.15, 0.2) is 42.5 Å². The Morgan fingerprint density at radius 3 is 2.61 bits per heavy atom. The van der Waals surface area contributed by atoms with Crippen molar-refractivity contribution in [3.8, 4) is 5.75 Å². The van der Waals surface area contributed by atoms with Gasteiger partial charge in [-0.2, -0.15) is 0 Å². The SMILES string of the molecule is COc1ccc(CNc2ccccc2Cl)cc1C. The highest BCUT2D eigenvalue weighted by molar-refractivity contribution is 6.33. The third kappa shape index (κ3) is 2.96. The summed E-state index contributed by atoms with van der Waals surface area (Å²) in [4.78, 5) is 0. The molecule has 0 saturated heterocycles. The zero-order valence-corrected chi connectivity index (χ0v) is 11.3. The maximum Gasteiger partial charge on any atom is 0.121 e. The summed E-state index contributed by atoms with van der Waals surface area (Å²) < 4.78 is 5.24. The molecule has 0 heterocycles. The Bertz CT molecular complexity index is 540. The van der Waals surface area contributed by atoms with E-state index in [1.54, 1.807) is 7.11 Å². The van der Waals surface area contributed by atoms with Gasteiger partial charge in [0.15, 0.2) is 0 Å². The summed E-state index contributed by atoms with van der Waals surface area (Å²) in [5.41, 5.74) is 3.29. The van der Waals surface area contributed by atoms with Crippen LogP contribution in [0.5, 0.6) is 5.75 Å². The monoisotopic (exact) mass is 261 g/mol. The first kappa shape index (κ1) is 12.8. The van der Waals surface area contributed by atoms with Crippen LogP contribution in [0, 0.1) is 6.92 Å². The Morgan fingerprint density at radius 2 is 1.94 bits per heavy atom. The van der Waals surface area contributed by atoms with E-state index >= 15 is 0 Å². The topological polar surface area (TPSA) is 21.3 Å². The van der Waals surface area contributed by atoms with Gasteiger partial charge in [0.1, 0.15) is 5.75 Å². The lowest BCUT2D eigenvalue weighted by Crippen LogP contribution is -2.00. The average molecular weight is 262 g/mol. The summed E-state index contributed by atoms with van der Waals surface area (Å²) in [6.07, 6.45) is 0. The number of benzene rings is 2. The molecule has 2 aromatic carbocycles. The van der Waals surface area contributed by atoms with Gasteiger partial charge in [-0.25, -0.2) is 0 Å². The van der Waals surface area contributed by atoms with Gasteiger partial charge in [-0.3, -0.25) is 0 Å². The van der Waals surface area contributed by atoms with Crippen LogP contribution >= 0.6 is 11.6 Å². The zero-order valence-electron chi connectivity index (χ0n) is 10.5. The largest absolute Gasteiger partial charge is 0.496 e. The van der Waals surface area contributed by atoms with Crippen LogP contribution in [0.4, 0.5) is 5.69 Å². The summed E-state index contributed by atoms with van der Waals surface area (Å²) >= 11 is 6.09. The van der Waals surface area contributed by atoms with Crippen molar-refractivity contribution in [3.05, 3.63) is 58.6 Å². The normalized spacial score (nSPS) is 10.2. The Hall–Kier alpha value is -1.67. The Morgan fingerprint density at radius 1 is 1.17 bits per heavy atom. The van der Waals surface area contributed by atoms with Crippen LogP contribution in [0.3, 0.4) is 0 Å². The number of rotatable bonds is 4. The van der Waals surface area contributed by atoms with E-state index in [4.69, 9.17) is 16.3 Å². The number of methoxy groups -OCH3 is 1. The molecular weight excluding hydrogens is 246 g/mol. The minimum Gasteiger partial charge on any atom is -0.496 e. The van der Waals surface area contributed by atoms with Crippen LogP contribution in [-0.4, -0.2) is 7.11 Å². The average Bonchev–Trinajstić information content (AvgIpc) is 2.38. The van der Waals surface area contributed by atoms with Crippen molar-refractivity contribution in [2.24, 2.45) is 0 Å². The third-order valence-corrected chi connectivity index (χ3v) is 3.15. The molecule has 0 aliphatic heterocycles.